The Bertz CT molecular complexity index is 616. The summed E-state index contributed by atoms with van der Waals surface area (Å²) in [6.45, 7) is 1.29. The average molecular weight is 304 g/mol. The van der Waals surface area contributed by atoms with Crippen molar-refractivity contribution in [1.82, 2.24) is 9.97 Å². The minimum absolute atomic E-state index is 0.0866. The second kappa shape index (κ2) is 6.41. The molecule has 21 heavy (non-hydrogen) atoms. The molecule has 5 heteroatoms. The topological polar surface area (TPSA) is 49.2 Å². The van der Waals surface area contributed by atoms with E-state index in [4.69, 9.17) is 11.6 Å². The zero-order valence-electron chi connectivity index (χ0n) is 11.7. The molecule has 3 rings (SSSR count). The molecule has 0 amide bonds. The summed E-state index contributed by atoms with van der Waals surface area (Å²) in [6.07, 6.45) is 4.16. The number of aromatic nitrogens is 2. The Morgan fingerprint density at radius 2 is 2.14 bits per heavy atom. The zero-order chi connectivity index (χ0) is 14.7. The average Bonchev–Trinajstić information content (AvgIpc) is 3.32. The molecule has 0 spiro atoms. The second-order valence-electron chi connectivity index (χ2n) is 5.32. The summed E-state index contributed by atoms with van der Waals surface area (Å²) in [4.78, 5) is 11.0. The van der Waals surface area contributed by atoms with Crippen LogP contribution in [0.15, 0.2) is 36.5 Å². The van der Waals surface area contributed by atoms with Crippen LogP contribution in [0.1, 0.15) is 30.1 Å². The fraction of sp³-hybridized carbons (Fsp3) is 0.375. The molecular formula is C16H18ClN3O. The van der Waals surface area contributed by atoms with Crippen molar-refractivity contribution < 1.29 is 5.11 Å². The van der Waals surface area contributed by atoms with Crippen molar-refractivity contribution in [3.63, 3.8) is 0 Å². The fourth-order valence-electron chi connectivity index (χ4n) is 2.33. The van der Waals surface area contributed by atoms with Gasteiger partial charge in [-0.2, -0.15) is 0 Å². The van der Waals surface area contributed by atoms with Crippen LogP contribution in [0.4, 0.5) is 5.82 Å². The van der Waals surface area contributed by atoms with Crippen LogP contribution in [0.3, 0.4) is 0 Å². The molecule has 1 aromatic heterocycles. The van der Waals surface area contributed by atoms with Crippen molar-refractivity contribution in [1.29, 1.82) is 0 Å². The quantitative estimate of drug-likeness (QED) is 0.891. The Kier molecular flexibility index (Phi) is 4.36. The Morgan fingerprint density at radius 3 is 2.86 bits per heavy atom. The maximum Gasteiger partial charge on any atom is 0.133 e. The van der Waals surface area contributed by atoms with E-state index in [9.17, 15) is 5.11 Å². The predicted octanol–water partition coefficient (Wildman–Crippen LogP) is 3.01. The van der Waals surface area contributed by atoms with Gasteiger partial charge in [0.2, 0.25) is 0 Å². The van der Waals surface area contributed by atoms with Gasteiger partial charge in [-0.05, 0) is 36.6 Å². The van der Waals surface area contributed by atoms with E-state index in [0.717, 1.165) is 22.2 Å². The van der Waals surface area contributed by atoms with E-state index in [0.29, 0.717) is 19.0 Å². The lowest BCUT2D eigenvalue weighted by molar-refractivity contribution is 0.301. The first kappa shape index (κ1) is 14.3. The van der Waals surface area contributed by atoms with Gasteiger partial charge in [0.1, 0.15) is 11.6 Å². The summed E-state index contributed by atoms with van der Waals surface area (Å²) in [5.74, 6) is 2.30. The molecule has 4 nitrogen and oxygen atoms in total. The third-order valence-electron chi connectivity index (χ3n) is 3.56. The molecule has 1 aliphatic carbocycles. The van der Waals surface area contributed by atoms with Crippen molar-refractivity contribution in [2.75, 3.05) is 18.1 Å². The molecule has 0 bridgehead atoms. The van der Waals surface area contributed by atoms with Gasteiger partial charge in [-0.3, -0.25) is 0 Å². The molecule has 1 aromatic carbocycles. The molecule has 0 atom stereocenters. The SMILES string of the molecule is OCCN(Cc1cccc(Cl)c1)c1ccnc(C2CC2)n1. The second-order valence-corrected chi connectivity index (χ2v) is 5.76. The number of nitrogens with zero attached hydrogens (tertiary/aromatic N) is 3. The van der Waals surface area contributed by atoms with Crippen molar-refractivity contribution >= 4 is 17.4 Å². The number of aliphatic hydroxyl groups excluding tert-OH is 1. The molecule has 0 radical (unpaired) electrons. The predicted molar refractivity (Wildman–Crippen MR) is 83.6 cm³/mol. The highest BCUT2D eigenvalue weighted by Crippen LogP contribution is 2.38. The van der Waals surface area contributed by atoms with Crippen LogP contribution in [-0.4, -0.2) is 28.2 Å². The number of rotatable bonds is 6. The van der Waals surface area contributed by atoms with E-state index in [1.54, 1.807) is 6.20 Å². The standard InChI is InChI=1S/C16H18ClN3O/c17-14-3-1-2-12(10-14)11-20(8-9-21)15-6-7-18-16(19-15)13-4-5-13/h1-3,6-7,10,13,21H,4-5,8-9,11H2. The minimum Gasteiger partial charge on any atom is -0.395 e. The van der Waals surface area contributed by atoms with E-state index in [1.165, 1.54) is 12.8 Å². The first-order chi connectivity index (χ1) is 10.3. The molecular weight excluding hydrogens is 286 g/mol. The fourth-order valence-corrected chi connectivity index (χ4v) is 2.54. The molecule has 110 valence electrons. The summed E-state index contributed by atoms with van der Waals surface area (Å²) in [5, 5.41) is 10.0. The molecule has 2 aromatic rings. The highest BCUT2D eigenvalue weighted by atomic mass is 35.5. The summed E-state index contributed by atoms with van der Waals surface area (Å²) in [7, 11) is 0. The summed E-state index contributed by atoms with van der Waals surface area (Å²) >= 11 is 6.03. The number of anilines is 1. The lowest BCUT2D eigenvalue weighted by Gasteiger charge is -2.23. The van der Waals surface area contributed by atoms with Crippen molar-refractivity contribution in [3.8, 4) is 0 Å². The van der Waals surface area contributed by atoms with Crippen LogP contribution < -0.4 is 4.90 Å². The highest BCUT2D eigenvalue weighted by Gasteiger charge is 2.27. The van der Waals surface area contributed by atoms with Crippen LogP contribution >= 0.6 is 11.6 Å². The monoisotopic (exact) mass is 303 g/mol. The molecule has 1 fully saturated rings. The Balaban J connectivity index is 1.81. The number of hydrogen-bond donors (Lipinski definition) is 1. The van der Waals surface area contributed by atoms with Crippen molar-refractivity contribution in [2.24, 2.45) is 0 Å². The van der Waals surface area contributed by atoms with Crippen LogP contribution in [-0.2, 0) is 6.54 Å². The van der Waals surface area contributed by atoms with Gasteiger partial charge in [0, 0.05) is 30.2 Å². The van der Waals surface area contributed by atoms with E-state index < -0.39 is 0 Å². The van der Waals surface area contributed by atoms with E-state index in [2.05, 4.69) is 14.9 Å². The largest absolute Gasteiger partial charge is 0.395 e. The Labute approximate surface area is 129 Å². The zero-order valence-corrected chi connectivity index (χ0v) is 12.5. The highest BCUT2D eigenvalue weighted by molar-refractivity contribution is 6.30. The number of benzene rings is 1. The van der Waals surface area contributed by atoms with Crippen molar-refractivity contribution in [2.45, 2.75) is 25.3 Å². The van der Waals surface area contributed by atoms with Gasteiger partial charge in [-0.25, -0.2) is 9.97 Å². The maximum absolute atomic E-state index is 9.31. The van der Waals surface area contributed by atoms with Gasteiger partial charge in [-0.1, -0.05) is 23.7 Å². The van der Waals surface area contributed by atoms with Gasteiger partial charge in [-0.15, -0.1) is 0 Å². The molecule has 1 N–H and O–H groups in total. The normalized spacial score (nSPS) is 14.2. The van der Waals surface area contributed by atoms with E-state index >= 15 is 0 Å². The summed E-state index contributed by atoms with van der Waals surface area (Å²) in [6, 6.07) is 9.65. The van der Waals surface area contributed by atoms with Gasteiger partial charge in [0.25, 0.3) is 0 Å². The summed E-state index contributed by atoms with van der Waals surface area (Å²) < 4.78 is 0. The van der Waals surface area contributed by atoms with Gasteiger partial charge in [0.15, 0.2) is 0 Å². The molecule has 0 aliphatic heterocycles. The third kappa shape index (κ3) is 3.71. The molecule has 1 heterocycles. The maximum atomic E-state index is 9.31. The number of aliphatic hydroxyl groups is 1. The number of halogens is 1. The number of hydrogen-bond acceptors (Lipinski definition) is 4. The van der Waals surface area contributed by atoms with Gasteiger partial charge in [0.05, 0.1) is 6.61 Å². The Morgan fingerprint density at radius 1 is 1.29 bits per heavy atom. The molecule has 1 aliphatic rings. The lowest BCUT2D eigenvalue weighted by Crippen LogP contribution is -2.27. The van der Waals surface area contributed by atoms with Crippen LogP contribution in [0.5, 0.6) is 0 Å². The van der Waals surface area contributed by atoms with Crippen LogP contribution in [0.2, 0.25) is 5.02 Å². The third-order valence-corrected chi connectivity index (χ3v) is 3.79. The van der Waals surface area contributed by atoms with Gasteiger partial charge >= 0.3 is 0 Å². The smallest absolute Gasteiger partial charge is 0.133 e. The first-order valence-corrected chi connectivity index (χ1v) is 7.57. The van der Waals surface area contributed by atoms with Crippen LogP contribution in [0.25, 0.3) is 0 Å². The van der Waals surface area contributed by atoms with E-state index in [1.807, 2.05) is 30.3 Å². The van der Waals surface area contributed by atoms with E-state index in [-0.39, 0.29) is 6.61 Å². The van der Waals surface area contributed by atoms with Crippen LogP contribution in [0, 0.1) is 0 Å². The first-order valence-electron chi connectivity index (χ1n) is 7.19. The Hall–Kier alpha value is -1.65. The summed E-state index contributed by atoms with van der Waals surface area (Å²) in [5.41, 5.74) is 1.10. The van der Waals surface area contributed by atoms with Crippen molar-refractivity contribution in [3.05, 3.63) is 52.9 Å². The minimum atomic E-state index is 0.0866. The molecule has 0 unspecified atom stereocenters. The lowest BCUT2D eigenvalue weighted by atomic mass is 10.2. The molecule has 0 saturated heterocycles. The molecule has 1 saturated carbocycles. The van der Waals surface area contributed by atoms with Gasteiger partial charge < -0.3 is 10.0 Å².